The van der Waals surface area contributed by atoms with Gasteiger partial charge in [0.05, 0.1) is 50.5 Å². The fourth-order valence-corrected chi connectivity index (χ4v) is 6.55. The average molecular weight is 717 g/mol. The van der Waals surface area contributed by atoms with Gasteiger partial charge in [-0.1, -0.05) is 97.1 Å². The van der Waals surface area contributed by atoms with Crippen LogP contribution in [0.2, 0.25) is 0 Å². The standard InChI is InChI=1S/C41H40N4O8/c1-26-34(38(46)50-3)36(42-40(48)44(26)23-28-15-7-5-8-16-28)30-19-11-13-21-32(30)52-25-53-33-22-14-12-20-31(33)37-35(39(47)51-4)27(2)45(41(49)43-37)24-29-17-9-6-10-18-29/h5-22,36-37H,23-25H2,1-4H3,(H,42,48)(H,43,49). The Kier molecular flexibility index (Phi) is 11.1. The highest BCUT2D eigenvalue weighted by Crippen LogP contribution is 2.38. The van der Waals surface area contributed by atoms with Crippen LogP contribution in [0.1, 0.15) is 48.2 Å². The van der Waals surface area contributed by atoms with Gasteiger partial charge in [0.15, 0.2) is 0 Å². The number of rotatable bonds is 12. The topological polar surface area (TPSA) is 136 Å². The quantitative estimate of drug-likeness (QED) is 0.125. The lowest BCUT2D eigenvalue weighted by atomic mass is 9.94. The molecule has 0 aromatic heterocycles. The van der Waals surface area contributed by atoms with E-state index in [2.05, 4.69) is 10.6 Å². The Morgan fingerprint density at radius 2 is 0.925 bits per heavy atom. The molecule has 0 aliphatic carbocycles. The van der Waals surface area contributed by atoms with Crippen LogP contribution >= 0.6 is 0 Å². The van der Waals surface area contributed by atoms with E-state index in [1.54, 1.807) is 62.4 Å². The lowest BCUT2D eigenvalue weighted by Crippen LogP contribution is -2.47. The van der Waals surface area contributed by atoms with Gasteiger partial charge in [-0.3, -0.25) is 9.80 Å². The van der Waals surface area contributed by atoms with Gasteiger partial charge >= 0.3 is 24.0 Å². The SMILES string of the molecule is COC(=O)C1=C(C)N(Cc2ccccc2)C(=O)NC1c1ccccc1OCOc1ccccc1C1NC(=O)N(Cc2ccccc2)C(C)=C1C(=O)OC. The number of hydrogen-bond acceptors (Lipinski definition) is 8. The van der Waals surface area contributed by atoms with Crippen molar-refractivity contribution in [1.82, 2.24) is 20.4 Å². The predicted molar refractivity (Wildman–Crippen MR) is 195 cm³/mol. The summed E-state index contributed by atoms with van der Waals surface area (Å²) in [6.45, 7) is 3.66. The molecule has 6 rings (SSSR count). The summed E-state index contributed by atoms with van der Waals surface area (Å²) in [5.74, 6) is -0.469. The van der Waals surface area contributed by atoms with Crippen molar-refractivity contribution in [3.8, 4) is 11.5 Å². The first-order valence-corrected chi connectivity index (χ1v) is 17.0. The molecule has 2 aliphatic rings. The minimum absolute atomic E-state index is 0.260. The van der Waals surface area contributed by atoms with Crippen molar-refractivity contribution in [3.63, 3.8) is 0 Å². The van der Waals surface area contributed by atoms with E-state index in [9.17, 15) is 19.2 Å². The van der Waals surface area contributed by atoms with E-state index in [0.29, 0.717) is 34.0 Å². The van der Waals surface area contributed by atoms with Gasteiger partial charge < -0.3 is 29.6 Å². The molecule has 12 nitrogen and oxygen atoms in total. The van der Waals surface area contributed by atoms with Crippen molar-refractivity contribution in [1.29, 1.82) is 0 Å². The maximum absolute atomic E-state index is 13.5. The number of esters is 2. The fourth-order valence-electron chi connectivity index (χ4n) is 6.55. The van der Waals surface area contributed by atoms with Gasteiger partial charge in [-0.15, -0.1) is 0 Å². The molecule has 0 saturated heterocycles. The van der Waals surface area contributed by atoms with Gasteiger partial charge in [-0.05, 0) is 37.1 Å². The Morgan fingerprint density at radius 1 is 0.566 bits per heavy atom. The van der Waals surface area contributed by atoms with Crippen molar-refractivity contribution in [2.24, 2.45) is 0 Å². The van der Waals surface area contributed by atoms with Crippen LogP contribution in [0.4, 0.5) is 9.59 Å². The molecule has 2 N–H and O–H groups in total. The summed E-state index contributed by atoms with van der Waals surface area (Å²) >= 11 is 0. The second-order valence-electron chi connectivity index (χ2n) is 12.4. The highest BCUT2D eigenvalue weighted by molar-refractivity contribution is 5.96. The predicted octanol–water partition coefficient (Wildman–Crippen LogP) is 6.53. The van der Waals surface area contributed by atoms with Gasteiger partial charge in [-0.25, -0.2) is 19.2 Å². The molecule has 0 fully saturated rings. The zero-order valence-corrected chi connectivity index (χ0v) is 29.8. The van der Waals surface area contributed by atoms with Gasteiger partial charge in [0.25, 0.3) is 0 Å². The van der Waals surface area contributed by atoms with Crippen molar-refractivity contribution in [2.75, 3.05) is 21.0 Å². The summed E-state index contributed by atoms with van der Waals surface area (Å²) in [5.41, 5.74) is 4.25. The first kappa shape index (κ1) is 36.2. The van der Waals surface area contributed by atoms with Gasteiger partial charge in [0.1, 0.15) is 11.5 Å². The highest BCUT2D eigenvalue weighted by atomic mass is 16.7. The van der Waals surface area contributed by atoms with Crippen LogP contribution < -0.4 is 20.1 Å². The number of allylic oxidation sites excluding steroid dienone is 2. The minimum Gasteiger partial charge on any atom is -0.466 e. The number of nitrogens with one attached hydrogen (secondary N) is 2. The Balaban J connectivity index is 1.25. The van der Waals surface area contributed by atoms with E-state index in [-0.39, 0.29) is 43.1 Å². The van der Waals surface area contributed by atoms with Crippen LogP contribution in [0.5, 0.6) is 11.5 Å². The van der Waals surface area contributed by atoms with E-state index < -0.39 is 24.0 Å². The lowest BCUT2D eigenvalue weighted by Gasteiger charge is -2.36. The summed E-state index contributed by atoms with van der Waals surface area (Å²) in [7, 11) is 2.59. The molecule has 0 spiro atoms. The molecule has 4 amide bonds. The molecule has 0 bridgehead atoms. The maximum atomic E-state index is 13.5. The summed E-state index contributed by atoms with van der Waals surface area (Å²) in [5, 5.41) is 5.92. The Hall–Kier alpha value is -6.56. The molecule has 4 aromatic carbocycles. The smallest absolute Gasteiger partial charge is 0.337 e. The van der Waals surface area contributed by atoms with Crippen molar-refractivity contribution in [3.05, 3.63) is 154 Å². The number of carbonyl (C=O) groups excluding carboxylic acids is 4. The Morgan fingerprint density at radius 3 is 1.30 bits per heavy atom. The number of amides is 4. The molecule has 12 heteroatoms. The normalized spacial score (nSPS) is 17.2. The molecule has 0 saturated carbocycles. The molecule has 2 atom stereocenters. The van der Waals surface area contributed by atoms with E-state index in [0.717, 1.165) is 11.1 Å². The average Bonchev–Trinajstić information content (AvgIpc) is 3.18. The van der Waals surface area contributed by atoms with E-state index in [1.807, 2.05) is 60.7 Å². The van der Waals surface area contributed by atoms with E-state index >= 15 is 0 Å². The van der Waals surface area contributed by atoms with Crippen LogP contribution in [-0.2, 0) is 32.2 Å². The molecule has 0 radical (unpaired) electrons. The zero-order chi connectivity index (χ0) is 37.5. The fraction of sp³-hybridized carbons (Fsp3) is 0.220. The number of carbonyl (C=O) groups is 4. The number of hydrogen-bond donors (Lipinski definition) is 2. The van der Waals surface area contributed by atoms with Crippen LogP contribution in [0.25, 0.3) is 0 Å². The monoisotopic (exact) mass is 716 g/mol. The Bertz CT molecular complexity index is 1920. The number of nitrogens with zero attached hydrogens (tertiary/aromatic N) is 2. The van der Waals surface area contributed by atoms with E-state index in [4.69, 9.17) is 18.9 Å². The molecule has 53 heavy (non-hydrogen) atoms. The third kappa shape index (κ3) is 7.71. The molecular formula is C41H40N4O8. The molecular weight excluding hydrogens is 676 g/mol. The Labute approximate surface area is 307 Å². The number of benzene rings is 4. The highest BCUT2D eigenvalue weighted by Gasteiger charge is 2.39. The summed E-state index contributed by atoms with van der Waals surface area (Å²) in [6.07, 6.45) is 0. The van der Waals surface area contributed by atoms with Crippen molar-refractivity contribution in [2.45, 2.75) is 39.0 Å². The van der Waals surface area contributed by atoms with Crippen LogP contribution in [0.15, 0.2) is 132 Å². The van der Waals surface area contributed by atoms with Crippen LogP contribution in [-0.4, -0.2) is 54.8 Å². The third-order valence-electron chi connectivity index (χ3n) is 9.26. The molecule has 4 aromatic rings. The number of methoxy groups -OCH3 is 2. The van der Waals surface area contributed by atoms with Crippen LogP contribution in [0, 0.1) is 0 Å². The third-order valence-corrected chi connectivity index (χ3v) is 9.26. The van der Waals surface area contributed by atoms with Crippen LogP contribution in [0.3, 0.4) is 0 Å². The molecule has 2 heterocycles. The number of para-hydroxylation sites is 2. The van der Waals surface area contributed by atoms with Gasteiger partial charge in [0.2, 0.25) is 6.79 Å². The minimum atomic E-state index is -0.877. The van der Waals surface area contributed by atoms with Gasteiger partial charge in [0, 0.05) is 22.5 Å². The van der Waals surface area contributed by atoms with Crippen molar-refractivity contribution < 1.29 is 38.1 Å². The molecule has 2 unspecified atom stereocenters. The van der Waals surface area contributed by atoms with Crippen molar-refractivity contribution >= 4 is 24.0 Å². The first-order chi connectivity index (χ1) is 25.7. The number of ether oxygens (including phenoxy) is 4. The second kappa shape index (κ2) is 16.2. The first-order valence-electron chi connectivity index (χ1n) is 17.0. The summed E-state index contributed by atoms with van der Waals surface area (Å²) in [6, 6.07) is 30.4. The van der Waals surface area contributed by atoms with Gasteiger partial charge in [-0.2, -0.15) is 0 Å². The van der Waals surface area contributed by atoms with E-state index in [1.165, 1.54) is 24.0 Å². The lowest BCUT2D eigenvalue weighted by molar-refractivity contribution is -0.137. The molecule has 272 valence electrons. The summed E-state index contributed by atoms with van der Waals surface area (Å²) < 4.78 is 22.6. The maximum Gasteiger partial charge on any atom is 0.337 e. The zero-order valence-electron chi connectivity index (χ0n) is 29.8. The second-order valence-corrected chi connectivity index (χ2v) is 12.4. The largest absolute Gasteiger partial charge is 0.466 e. The number of urea groups is 2. The molecule has 2 aliphatic heterocycles. The summed E-state index contributed by atoms with van der Waals surface area (Å²) in [4.78, 5) is 56.5.